The Morgan fingerprint density at radius 1 is 0.926 bits per heavy atom. The highest BCUT2D eigenvalue weighted by atomic mass is 35.5. The van der Waals surface area contributed by atoms with Crippen molar-refractivity contribution in [1.29, 1.82) is 0 Å². The van der Waals surface area contributed by atoms with Gasteiger partial charge in [0.2, 0.25) is 0 Å². The number of carboxylic acids is 1. The molecule has 0 aliphatic rings. The van der Waals surface area contributed by atoms with E-state index in [-0.39, 0.29) is 18.8 Å². The number of ether oxygens (including phenoxy) is 1. The van der Waals surface area contributed by atoms with E-state index in [1.165, 1.54) is 11.1 Å². The lowest BCUT2D eigenvalue weighted by Gasteiger charge is -2.08. The molecule has 6 heteroatoms. The number of aryl methyl sites for hydroxylation is 2. The summed E-state index contributed by atoms with van der Waals surface area (Å²) in [4.78, 5) is 10.4. The summed E-state index contributed by atoms with van der Waals surface area (Å²) in [5.41, 5.74) is 2.53. The van der Waals surface area contributed by atoms with E-state index in [4.69, 9.17) is 21.4 Å². The van der Waals surface area contributed by atoms with Crippen molar-refractivity contribution in [1.82, 2.24) is 5.32 Å². The highest BCUT2D eigenvalue weighted by molar-refractivity contribution is 6.30. The molecule has 2 aromatic carbocycles. The maximum Gasteiger partial charge on any atom is 0.304 e. The molecule has 0 fully saturated rings. The molecule has 0 aliphatic carbocycles. The second-order valence-corrected chi connectivity index (χ2v) is 6.66. The molecule has 2 rings (SSSR count). The molecule has 0 radical (unpaired) electrons. The van der Waals surface area contributed by atoms with Gasteiger partial charge in [0.25, 0.3) is 0 Å². The maximum atomic E-state index is 10.4. The summed E-state index contributed by atoms with van der Waals surface area (Å²) in [6.07, 6.45) is 4.07. The van der Waals surface area contributed by atoms with E-state index in [0.717, 1.165) is 43.0 Å². The van der Waals surface area contributed by atoms with Gasteiger partial charge in [0.05, 0.1) is 13.0 Å². The fourth-order valence-corrected chi connectivity index (χ4v) is 2.73. The summed E-state index contributed by atoms with van der Waals surface area (Å²) in [5.74, 6) is 0.130. The Morgan fingerprint density at radius 3 is 2.15 bits per heavy atom. The molecule has 0 amide bonds. The van der Waals surface area contributed by atoms with Crippen LogP contribution in [0.1, 0.15) is 30.4 Å². The van der Waals surface area contributed by atoms with Gasteiger partial charge >= 0.3 is 5.97 Å². The summed E-state index contributed by atoms with van der Waals surface area (Å²) in [6, 6.07) is 16.1. The second-order valence-electron chi connectivity index (χ2n) is 6.22. The Morgan fingerprint density at radius 2 is 1.52 bits per heavy atom. The van der Waals surface area contributed by atoms with Gasteiger partial charge in [-0.1, -0.05) is 35.9 Å². The highest BCUT2D eigenvalue weighted by Gasteiger charge is 1.99. The maximum absolute atomic E-state index is 10.4. The van der Waals surface area contributed by atoms with Crippen LogP contribution in [0.2, 0.25) is 5.02 Å². The SMILES string of the molecule is Cl.O=C(O)CCNCCCc1ccc(OCCCc2ccc(Cl)cc2)cc1. The van der Waals surface area contributed by atoms with Crippen LogP contribution >= 0.6 is 24.0 Å². The van der Waals surface area contributed by atoms with Gasteiger partial charge in [-0.25, -0.2) is 0 Å². The lowest BCUT2D eigenvalue weighted by atomic mass is 10.1. The Kier molecular flexibility index (Phi) is 11.6. The highest BCUT2D eigenvalue weighted by Crippen LogP contribution is 2.15. The first-order chi connectivity index (χ1) is 12.6. The first-order valence-corrected chi connectivity index (χ1v) is 9.40. The number of carbonyl (C=O) groups is 1. The van der Waals surface area contributed by atoms with Gasteiger partial charge < -0.3 is 15.2 Å². The summed E-state index contributed by atoms with van der Waals surface area (Å²) in [5, 5.41) is 12.5. The number of halogens is 2. The van der Waals surface area contributed by atoms with E-state index in [0.29, 0.717) is 13.2 Å². The molecule has 0 bridgehead atoms. The molecule has 0 heterocycles. The first kappa shape index (κ1) is 23.3. The average molecular weight is 412 g/mol. The quantitative estimate of drug-likeness (QED) is 0.493. The van der Waals surface area contributed by atoms with Crippen LogP contribution in [0.25, 0.3) is 0 Å². The Labute approximate surface area is 172 Å². The average Bonchev–Trinajstić information content (AvgIpc) is 2.64. The zero-order valence-corrected chi connectivity index (χ0v) is 16.9. The fraction of sp³-hybridized carbons (Fsp3) is 0.381. The lowest BCUT2D eigenvalue weighted by Crippen LogP contribution is -2.19. The number of hydrogen-bond donors (Lipinski definition) is 2. The van der Waals surface area contributed by atoms with Crippen molar-refractivity contribution in [2.45, 2.75) is 32.1 Å². The van der Waals surface area contributed by atoms with Gasteiger partial charge in [-0.2, -0.15) is 0 Å². The molecule has 0 unspecified atom stereocenters. The lowest BCUT2D eigenvalue weighted by molar-refractivity contribution is -0.136. The molecule has 148 valence electrons. The first-order valence-electron chi connectivity index (χ1n) is 9.02. The van der Waals surface area contributed by atoms with Gasteiger partial charge in [0, 0.05) is 11.6 Å². The van der Waals surface area contributed by atoms with Gasteiger partial charge in [-0.15, -0.1) is 12.4 Å². The molecule has 0 saturated heterocycles. The number of aliphatic carboxylic acids is 1. The minimum atomic E-state index is -0.763. The number of hydrogen-bond acceptors (Lipinski definition) is 3. The molecule has 27 heavy (non-hydrogen) atoms. The predicted molar refractivity (Wildman–Crippen MR) is 112 cm³/mol. The molecule has 4 nitrogen and oxygen atoms in total. The van der Waals surface area contributed by atoms with Crippen LogP contribution in [0.4, 0.5) is 0 Å². The van der Waals surface area contributed by atoms with E-state index in [9.17, 15) is 4.79 Å². The molecule has 2 aromatic rings. The summed E-state index contributed by atoms with van der Waals surface area (Å²) < 4.78 is 5.79. The summed E-state index contributed by atoms with van der Waals surface area (Å²) in [6.45, 7) is 2.05. The van der Waals surface area contributed by atoms with Crippen LogP contribution in [0.5, 0.6) is 5.75 Å². The standard InChI is InChI=1S/C21H26ClNO3.ClH/c22-19-9-5-18(6-10-19)4-2-16-26-20-11-7-17(8-12-20)3-1-14-23-15-13-21(24)25;/h5-12,23H,1-4,13-16H2,(H,24,25);1H. The van der Waals surface area contributed by atoms with Crippen molar-refractivity contribution in [3.8, 4) is 5.75 Å². The van der Waals surface area contributed by atoms with Gasteiger partial charge in [0.15, 0.2) is 0 Å². The molecule has 0 aliphatic heterocycles. The number of carboxylic acid groups (broad SMARTS) is 1. The molecular formula is C21H27Cl2NO3. The third-order valence-electron chi connectivity index (χ3n) is 4.05. The van der Waals surface area contributed by atoms with Crippen molar-refractivity contribution in [3.05, 3.63) is 64.7 Å². The Bertz CT molecular complexity index is 660. The van der Waals surface area contributed by atoms with Crippen molar-refractivity contribution in [3.63, 3.8) is 0 Å². The summed E-state index contributed by atoms with van der Waals surface area (Å²) in [7, 11) is 0. The van der Waals surface area contributed by atoms with Crippen molar-refractivity contribution < 1.29 is 14.6 Å². The predicted octanol–water partition coefficient (Wildman–Crippen LogP) is 4.77. The molecule has 0 atom stereocenters. The fourth-order valence-electron chi connectivity index (χ4n) is 2.61. The van der Waals surface area contributed by atoms with E-state index < -0.39 is 5.97 Å². The Balaban J connectivity index is 0.00000364. The van der Waals surface area contributed by atoms with E-state index in [2.05, 4.69) is 17.4 Å². The van der Waals surface area contributed by atoms with Gasteiger partial charge in [-0.05, 0) is 67.6 Å². The zero-order chi connectivity index (χ0) is 18.6. The molecule has 2 N–H and O–H groups in total. The topological polar surface area (TPSA) is 58.6 Å². The summed E-state index contributed by atoms with van der Waals surface area (Å²) >= 11 is 5.88. The third-order valence-corrected chi connectivity index (χ3v) is 4.30. The van der Waals surface area contributed by atoms with Crippen molar-refractivity contribution in [2.24, 2.45) is 0 Å². The largest absolute Gasteiger partial charge is 0.494 e. The normalized spacial score (nSPS) is 10.3. The molecule has 0 spiro atoms. The smallest absolute Gasteiger partial charge is 0.304 e. The third kappa shape index (κ3) is 10.2. The minimum Gasteiger partial charge on any atom is -0.494 e. The number of benzene rings is 2. The Hall–Kier alpha value is -1.75. The van der Waals surface area contributed by atoms with Crippen LogP contribution in [0.15, 0.2) is 48.5 Å². The van der Waals surface area contributed by atoms with Crippen LogP contribution in [-0.4, -0.2) is 30.8 Å². The molecule has 0 saturated carbocycles. The number of rotatable bonds is 12. The second kappa shape index (κ2) is 13.4. The number of nitrogens with one attached hydrogen (secondary N) is 1. The van der Waals surface area contributed by atoms with Crippen molar-refractivity contribution >= 4 is 30.0 Å². The van der Waals surface area contributed by atoms with E-state index >= 15 is 0 Å². The van der Waals surface area contributed by atoms with E-state index in [1.54, 1.807) is 0 Å². The van der Waals surface area contributed by atoms with Gasteiger partial charge in [-0.3, -0.25) is 4.79 Å². The van der Waals surface area contributed by atoms with Crippen LogP contribution in [0, 0.1) is 0 Å². The zero-order valence-electron chi connectivity index (χ0n) is 15.3. The monoisotopic (exact) mass is 411 g/mol. The van der Waals surface area contributed by atoms with Crippen LogP contribution in [0.3, 0.4) is 0 Å². The van der Waals surface area contributed by atoms with Gasteiger partial charge in [0.1, 0.15) is 5.75 Å². The van der Waals surface area contributed by atoms with E-state index in [1.807, 2.05) is 36.4 Å². The van der Waals surface area contributed by atoms with Crippen molar-refractivity contribution in [2.75, 3.05) is 19.7 Å². The van der Waals surface area contributed by atoms with Crippen LogP contribution < -0.4 is 10.1 Å². The molecular weight excluding hydrogens is 385 g/mol. The van der Waals surface area contributed by atoms with Crippen LogP contribution in [-0.2, 0) is 17.6 Å². The molecule has 0 aromatic heterocycles. The minimum absolute atomic E-state index is 0.